The summed E-state index contributed by atoms with van der Waals surface area (Å²) < 4.78 is 0. The van der Waals surface area contributed by atoms with Gasteiger partial charge in [-0.25, -0.2) is 0 Å². The minimum absolute atomic E-state index is 0.0584. The van der Waals surface area contributed by atoms with Crippen LogP contribution in [0.4, 0.5) is 5.69 Å². The molecule has 0 atom stereocenters. The van der Waals surface area contributed by atoms with E-state index in [2.05, 4.69) is 10.3 Å². The van der Waals surface area contributed by atoms with Gasteiger partial charge in [0.1, 0.15) is 0 Å². The number of nitrogens with zero attached hydrogens (tertiary/aromatic N) is 1. The van der Waals surface area contributed by atoms with Crippen LogP contribution >= 0.6 is 0 Å². The van der Waals surface area contributed by atoms with Gasteiger partial charge in [-0.15, -0.1) is 0 Å². The zero-order valence-corrected chi connectivity index (χ0v) is 8.74. The van der Waals surface area contributed by atoms with Crippen LogP contribution in [0.25, 0.3) is 10.8 Å². The highest BCUT2D eigenvalue weighted by atomic mass is 16.1. The fraction of sp³-hybridized carbons (Fsp3) is 0.167. The van der Waals surface area contributed by atoms with Gasteiger partial charge in [0.05, 0.1) is 0 Å². The number of amides is 1. The van der Waals surface area contributed by atoms with E-state index in [4.69, 9.17) is 0 Å². The molecular weight excluding hydrogens is 188 g/mol. The van der Waals surface area contributed by atoms with Crippen LogP contribution in [0.15, 0.2) is 30.6 Å². The lowest BCUT2D eigenvalue weighted by atomic mass is 10.1. The second kappa shape index (κ2) is 3.69. The molecule has 0 fully saturated rings. The molecular formula is C12H12N2O. The molecule has 2 aromatic rings. The Balaban J connectivity index is 2.66. The van der Waals surface area contributed by atoms with Gasteiger partial charge >= 0.3 is 0 Å². The van der Waals surface area contributed by atoms with Gasteiger partial charge in [0.15, 0.2) is 0 Å². The van der Waals surface area contributed by atoms with Gasteiger partial charge in [-0.1, -0.05) is 6.07 Å². The van der Waals surface area contributed by atoms with E-state index < -0.39 is 0 Å². The third-order valence-electron chi connectivity index (χ3n) is 2.35. The Hall–Kier alpha value is -1.90. The average Bonchev–Trinajstić information content (AvgIpc) is 2.22. The maximum Gasteiger partial charge on any atom is 0.221 e. The molecule has 1 N–H and O–H groups in total. The van der Waals surface area contributed by atoms with Crippen molar-refractivity contribution in [2.24, 2.45) is 0 Å². The summed E-state index contributed by atoms with van der Waals surface area (Å²) >= 11 is 0. The van der Waals surface area contributed by atoms with Crippen LogP contribution in [0.5, 0.6) is 0 Å². The summed E-state index contributed by atoms with van der Waals surface area (Å²) in [4.78, 5) is 15.1. The largest absolute Gasteiger partial charge is 0.326 e. The summed E-state index contributed by atoms with van der Waals surface area (Å²) in [7, 11) is 0. The van der Waals surface area contributed by atoms with Gasteiger partial charge in [-0.2, -0.15) is 0 Å². The Morgan fingerprint density at radius 3 is 2.80 bits per heavy atom. The first-order chi connectivity index (χ1) is 7.18. The van der Waals surface area contributed by atoms with Gasteiger partial charge in [0, 0.05) is 35.8 Å². The summed E-state index contributed by atoms with van der Waals surface area (Å²) in [5, 5.41) is 4.91. The maximum atomic E-state index is 11.0. The summed E-state index contributed by atoms with van der Waals surface area (Å²) in [6.45, 7) is 3.54. The zero-order chi connectivity index (χ0) is 10.8. The van der Waals surface area contributed by atoms with E-state index in [1.165, 1.54) is 6.92 Å². The Morgan fingerprint density at radius 2 is 2.07 bits per heavy atom. The lowest BCUT2D eigenvalue weighted by Gasteiger charge is -2.08. The molecule has 1 aromatic carbocycles. The molecule has 0 aliphatic carbocycles. The second-order valence-electron chi connectivity index (χ2n) is 3.53. The highest BCUT2D eigenvalue weighted by Gasteiger charge is 2.03. The summed E-state index contributed by atoms with van der Waals surface area (Å²) in [6, 6.07) is 5.81. The van der Waals surface area contributed by atoms with E-state index in [9.17, 15) is 4.79 Å². The molecule has 1 amide bonds. The number of fused-ring (bicyclic) bond motifs is 1. The third-order valence-corrected chi connectivity index (χ3v) is 2.35. The van der Waals surface area contributed by atoms with Crippen LogP contribution in [0, 0.1) is 6.92 Å². The van der Waals surface area contributed by atoms with Crippen LogP contribution in [-0.4, -0.2) is 10.9 Å². The van der Waals surface area contributed by atoms with Gasteiger partial charge in [0.25, 0.3) is 0 Å². The summed E-state index contributed by atoms with van der Waals surface area (Å²) in [5.41, 5.74) is 2.00. The lowest BCUT2D eigenvalue weighted by Crippen LogP contribution is -2.06. The van der Waals surface area contributed by atoms with E-state index >= 15 is 0 Å². The van der Waals surface area contributed by atoms with Crippen molar-refractivity contribution in [1.82, 2.24) is 4.98 Å². The Kier molecular flexibility index (Phi) is 2.37. The molecule has 3 nitrogen and oxygen atoms in total. The van der Waals surface area contributed by atoms with Crippen LogP contribution in [0.3, 0.4) is 0 Å². The average molecular weight is 200 g/mol. The van der Waals surface area contributed by atoms with Gasteiger partial charge in [-0.3, -0.25) is 9.78 Å². The van der Waals surface area contributed by atoms with E-state index in [1.807, 2.05) is 31.3 Å². The van der Waals surface area contributed by atoms with Crippen molar-refractivity contribution in [2.45, 2.75) is 13.8 Å². The number of anilines is 1. The molecule has 15 heavy (non-hydrogen) atoms. The van der Waals surface area contributed by atoms with Crippen LogP contribution in [0.2, 0.25) is 0 Å². The highest BCUT2D eigenvalue weighted by molar-refractivity contribution is 6.02. The number of aryl methyl sites for hydroxylation is 1. The van der Waals surface area contributed by atoms with E-state index in [0.717, 1.165) is 22.0 Å². The minimum Gasteiger partial charge on any atom is -0.326 e. The first-order valence-electron chi connectivity index (χ1n) is 4.79. The lowest BCUT2D eigenvalue weighted by molar-refractivity contribution is -0.114. The standard InChI is InChI=1S/C12H12N2O/c1-8-3-4-12(14-9(2)15)10-5-6-13-7-11(8)10/h3-7H,1-2H3,(H,14,15). The topological polar surface area (TPSA) is 42.0 Å². The van der Waals surface area contributed by atoms with E-state index in [0.29, 0.717) is 0 Å². The van der Waals surface area contributed by atoms with Crippen molar-refractivity contribution in [2.75, 3.05) is 5.32 Å². The van der Waals surface area contributed by atoms with Crippen molar-refractivity contribution >= 4 is 22.4 Å². The van der Waals surface area contributed by atoms with Gasteiger partial charge in [-0.05, 0) is 24.6 Å². The molecule has 0 saturated carbocycles. The number of carbonyl (C=O) groups is 1. The van der Waals surface area contributed by atoms with Crippen LogP contribution in [0.1, 0.15) is 12.5 Å². The molecule has 0 aliphatic heterocycles. The van der Waals surface area contributed by atoms with Crippen molar-refractivity contribution in [3.8, 4) is 0 Å². The van der Waals surface area contributed by atoms with E-state index in [1.54, 1.807) is 6.20 Å². The number of aromatic nitrogens is 1. The first kappa shape index (κ1) is 9.65. The van der Waals surface area contributed by atoms with E-state index in [-0.39, 0.29) is 5.91 Å². The predicted molar refractivity (Wildman–Crippen MR) is 60.8 cm³/mol. The number of nitrogens with one attached hydrogen (secondary N) is 1. The van der Waals surface area contributed by atoms with Crippen LogP contribution < -0.4 is 5.32 Å². The Morgan fingerprint density at radius 1 is 1.27 bits per heavy atom. The number of pyridine rings is 1. The number of hydrogen-bond acceptors (Lipinski definition) is 2. The number of rotatable bonds is 1. The minimum atomic E-state index is -0.0584. The van der Waals surface area contributed by atoms with Crippen molar-refractivity contribution in [3.05, 3.63) is 36.2 Å². The molecule has 0 radical (unpaired) electrons. The maximum absolute atomic E-state index is 11.0. The summed E-state index contributed by atoms with van der Waals surface area (Å²) in [5.74, 6) is -0.0584. The predicted octanol–water partition coefficient (Wildman–Crippen LogP) is 2.50. The first-order valence-corrected chi connectivity index (χ1v) is 4.79. The molecule has 0 saturated heterocycles. The molecule has 3 heteroatoms. The van der Waals surface area contributed by atoms with Gasteiger partial charge < -0.3 is 5.32 Å². The molecule has 2 rings (SSSR count). The van der Waals surface area contributed by atoms with Crippen molar-refractivity contribution < 1.29 is 4.79 Å². The highest BCUT2D eigenvalue weighted by Crippen LogP contribution is 2.25. The quantitative estimate of drug-likeness (QED) is 0.768. The summed E-state index contributed by atoms with van der Waals surface area (Å²) in [6.07, 6.45) is 3.54. The molecule has 1 aromatic heterocycles. The fourth-order valence-corrected chi connectivity index (χ4v) is 1.63. The number of benzene rings is 1. The van der Waals surface area contributed by atoms with Crippen molar-refractivity contribution in [3.63, 3.8) is 0 Å². The third kappa shape index (κ3) is 1.81. The SMILES string of the molecule is CC(=O)Nc1ccc(C)c2cnccc12. The monoisotopic (exact) mass is 200 g/mol. The molecule has 76 valence electrons. The molecule has 0 bridgehead atoms. The van der Waals surface area contributed by atoms with Crippen molar-refractivity contribution in [1.29, 1.82) is 0 Å². The number of hydrogen-bond donors (Lipinski definition) is 1. The van der Waals surface area contributed by atoms with Crippen LogP contribution in [-0.2, 0) is 4.79 Å². The zero-order valence-electron chi connectivity index (χ0n) is 8.74. The normalized spacial score (nSPS) is 10.3. The molecule has 1 heterocycles. The Bertz CT molecular complexity index is 520. The Labute approximate surface area is 88.1 Å². The van der Waals surface area contributed by atoms with Gasteiger partial charge in [0.2, 0.25) is 5.91 Å². The molecule has 0 spiro atoms. The number of carbonyl (C=O) groups excluding carboxylic acids is 1. The smallest absolute Gasteiger partial charge is 0.221 e. The fourth-order valence-electron chi connectivity index (χ4n) is 1.63. The second-order valence-corrected chi connectivity index (χ2v) is 3.53. The molecule has 0 aliphatic rings. The molecule has 0 unspecified atom stereocenters.